The van der Waals surface area contributed by atoms with Crippen LogP contribution in [0.15, 0.2) is 18.2 Å². The molecule has 2 aliphatic heterocycles. The minimum atomic E-state index is -0.372. The molecule has 1 aromatic rings. The molecule has 7 heteroatoms. The lowest BCUT2D eigenvalue weighted by Crippen LogP contribution is -2.36. The summed E-state index contributed by atoms with van der Waals surface area (Å²) in [6, 6.07) is 6.51. The first-order valence-electron chi connectivity index (χ1n) is 8.73. The number of rotatable bonds is 4. The van der Waals surface area contributed by atoms with Gasteiger partial charge in [-0.15, -0.1) is 0 Å². The van der Waals surface area contributed by atoms with Crippen LogP contribution in [0.25, 0.3) is 0 Å². The van der Waals surface area contributed by atoms with Crippen LogP contribution in [0.4, 0.5) is 0 Å². The fraction of sp³-hybridized carbons (Fsp3) is 0.588. The van der Waals surface area contributed by atoms with Crippen LogP contribution < -0.4 is 21.6 Å². The Labute approximate surface area is 141 Å². The van der Waals surface area contributed by atoms with Crippen molar-refractivity contribution in [2.24, 2.45) is 0 Å². The van der Waals surface area contributed by atoms with Gasteiger partial charge in [-0.1, -0.05) is 25.1 Å². The van der Waals surface area contributed by atoms with Gasteiger partial charge in [-0.25, -0.2) is 5.48 Å². The van der Waals surface area contributed by atoms with Gasteiger partial charge in [0.25, 0.3) is 5.91 Å². The third-order valence-corrected chi connectivity index (χ3v) is 4.97. The molecule has 3 unspecified atom stereocenters. The molecule has 0 aromatic heterocycles. The molecule has 1 aromatic carbocycles. The molecule has 2 saturated heterocycles. The van der Waals surface area contributed by atoms with Crippen molar-refractivity contribution < 1.29 is 14.5 Å². The number of benzene rings is 1. The van der Waals surface area contributed by atoms with E-state index in [9.17, 15) is 4.79 Å². The molecule has 0 bridgehead atoms. The second-order valence-electron chi connectivity index (χ2n) is 6.58. The van der Waals surface area contributed by atoms with Crippen LogP contribution in [0.5, 0.6) is 0 Å². The molecule has 2 heterocycles. The van der Waals surface area contributed by atoms with E-state index in [1.165, 1.54) is 16.7 Å². The molecule has 130 valence electrons. The van der Waals surface area contributed by atoms with Gasteiger partial charge in [0.1, 0.15) is 12.4 Å². The molecule has 4 N–H and O–H groups in total. The van der Waals surface area contributed by atoms with Crippen molar-refractivity contribution in [1.29, 1.82) is 0 Å². The van der Waals surface area contributed by atoms with Gasteiger partial charge in [-0.3, -0.25) is 19.8 Å². The van der Waals surface area contributed by atoms with E-state index in [0.29, 0.717) is 0 Å². The molecule has 0 radical (unpaired) electrons. The van der Waals surface area contributed by atoms with Crippen molar-refractivity contribution in [3.63, 3.8) is 0 Å². The first-order valence-corrected chi connectivity index (χ1v) is 8.73. The van der Waals surface area contributed by atoms with E-state index in [2.05, 4.69) is 46.7 Å². The number of carbonyl (C=O) groups excluding carboxylic acids is 1. The summed E-state index contributed by atoms with van der Waals surface area (Å²) in [5, 5.41) is 6.52. The first kappa shape index (κ1) is 16.0. The molecule has 0 saturated carbocycles. The van der Waals surface area contributed by atoms with Crippen LogP contribution in [0.1, 0.15) is 55.1 Å². The highest BCUT2D eigenvalue weighted by molar-refractivity contribution is 5.81. The number of aryl methyl sites for hydroxylation is 1. The normalized spacial score (nSPS) is 32.0. The van der Waals surface area contributed by atoms with Crippen LogP contribution in [-0.2, 0) is 20.9 Å². The second kappa shape index (κ2) is 6.78. The maximum Gasteiger partial charge on any atom is 0.251 e. The molecule has 24 heavy (non-hydrogen) atoms. The molecule has 3 aliphatic rings. The van der Waals surface area contributed by atoms with Gasteiger partial charge in [-0.05, 0) is 42.4 Å². The van der Waals surface area contributed by atoms with Crippen LogP contribution in [0.2, 0.25) is 0 Å². The predicted octanol–water partition coefficient (Wildman–Crippen LogP) is 0.943. The monoisotopic (exact) mass is 332 g/mol. The lowest BCUT2D eigenvalue weighted by molar-refractivity contribution is -0.133. The first-order chi connectivity index (χ1) is 11.7. The Kier molecular flexibility index (Phi) is 4.51. The number of hydrogen-bond donors (Lipinski definition) is 4. The molecule has 4 atom stereocenters. The van der Waals surface area contributed by atoms with E-state index in [4.69, 9.17) is 9.68 Å². The smallest absolute Gasteiger partial charge is 0.251 e. The fourth-order valence-electron chi connectivity index (χ4n) is 3.59. The van der Waals surface area contributed by atoms with E-state index >= 15 is 0 Å². The van der Waals surface area contributed by atoms with Crippen LogP contribution in [0, 0.1) is 0 Å². The Hall–Kier alpha value is -1.51. The Balaban J connectivity index is 1.43. The SMILES string of the molecule is CCC1NC(c2ccc3c(c2)CC[C@H]3NC(=O)C2CCNO2)NO1. The summed E-state index contributed by atoms with van der Waals surface area (Å²) in [7, 11) is 0. The molecule has 0 spiro atoms. The van der Waals surface area contributed by atoms with Gasteiger partial charge in [0.05, 0.1) is 6.04 Å². The molecule has 7 nitrogen and oxygen atoms in total. The Bertz CT molecular complexity index is 618. The summed E-state index contributed by atoms with van der Waals surface area (Å²) < 4.78 is 0. The molecule has 1 amide bonds. The van der Waals surface area contributed by atoms with Crippen molar-refractivity contribution in [3.05, 3.63) is 34.9 Å². The summed E-state index contributed by atoms with van der Waals surface area (Å²) in [5.41, 5.74) is 9.48. The number of amides is 1. The molecule has 4 rings (SSSR count). The minimum Gasteiger partial charge on any atom is -0.347 e. The van der Waals surface area contributed by atoms with Crippen LogP contribution >= 0.6 is 0 Å². The quantitative estimate of drug-likeness (QED) is 0.657. The van der Waals surface area contributed by atoms with Crippen LogP contribution in [-0.4, -0.2) is 24.8 Å². The largest absolute Gasteiger partial charge is 0.347 e. The maximum absolute atomic E-state index is 12.2. The minimum absolute atomic E-state index is 0.0202. The average Bonchev–Trinajstić information content (AvgIpc) is 3.35. The van der Waals surface area contributed by atoms with Gasteiger partial charge in [0.15, 0.2) is 6.10 Å². The lowest BCUT2D eigenvalue weighted by Gasteiger charge is -2.17. The zero-order valence-corrected chi connectivity index (χ0v) is 13.8. The summed E-state index contributed by atoms with van der Waals surface area (Å²) in [6.45, 7) is 2.81. The number of nitrogens with one attached hydrogen (secondary N) is 4. The summed E-state index contributed by atoms with van der Waals surface area (Å²) >= 11 is 0. The fourth-order valence-corrected chi connectivity index (χ4v) is 3.59. The maximum atomic E-state index is 12.2. The summed E-state index contributed by atoms with van der Waals surface area (Å²) in [5.74, 6) is -0.0276. The zero-order chi connectivity index (χ0) is 16.5. The van der Waals surface area contributed by atoms with Gasteiger partial charge < -0.3 is 5.32 Å². The molecule has 1 aliphatic carbocycles. The number of hydrogen-bond acceptors (Lipinski definition) is 6. The Morgan fingerprint density at radius 3 is 3.00 bits per heavy atom. The van der Waals surface area contributed by atoms with Gasteiger partial charge in [0.2, 0.25) is 0 Å². The summed E-state index contributed by atoms with van der Waals surface area (Å²) in [6.07, 6.45) is 3.25. The van der Waals surface area contributed by atoms with Crippen molar-refractivity contribution in [3.8, 4) is 0 Å². The van der Waals surface area contributed by atoms with E-state index in [-0.39, 0.29) is 30.4 Å². The third kappa shape index (κ3) is 3.05. The average molecular weight is 332 g/mol. The number of carbonyl (C=O) groups is 1. The van der Waals surface area contributed by atoms with Gasteiger partial charge in [-0.2, -0.15) is 5.48 Å². The van der Waals surface area contributed by atoms with Crippen molar-refractivity contribution in [2.45, 2.75) is 57.1 Å². The van der Waals surface area contributed by atoms with E-state index < -0.39 is 0 Å². The molecule has 2 fully saturated rings. The Morgan fingerprint density at radius 2 is 2.25 bits per heavy atom. The van der Waals surface area contributed by atoms with Gasteiger partial charge in [0, 0.05) is 6.54 Å². The third-order valence-electron chi connectivity index (χ3n) is 4.97. The topological polar surface area (TPSA) is 83.7 Å². The number of hydroxylamine groups is 2. The lowest BCUT2D eigenvalue weighted by atomic mass is 10.0. The summed E-state index contributed by atoms with van der Waals surface area (Å²) in [4.78, 5) is 23.0. The second-order valence-corrected chi connectivity index (χ2v) is 6.58. The highest BCUT2D eigenvalue weighted by atomic mass is 16.7. The van der Waals surface area contributed by atoms with E-state index in [1.807, 2.05) is 0 Å². The van der Waals surface area contributed by atoms with E-state index in [1.54, 1.807) is 0 Å². The number of fused-ring (bicyclic) bond motifs is 1. The van der Waals surface area contributed by atoms with Gasteiger partial charge >= 0.3 is 0 Å². The van der Waals surface area contributed by atoms with Crippen LogP contribution in [0.3, 0.4) is 0 Å². The molecular formula is C17H24N4O3. The zero-order valence-electron chi connectivity index (χ0n) is 13.8. The highest BCUT2D eigenvalue weighted by Crippen LogP contribution is 2.33. The highest BCUT2D eigenvalue weighted by Gasteiger charge is 2.31. The van der Waals surface area contributed by atoms with Crippen molar-refractivity contribution in [1.82, 2.24) is 21.6 Å². The van der Waals surface area contributed by atoms with Crippen molar-refractivity contribution in [2.75, 3.05) is 6.54 Å². The predicted molar refractivity (Wildman–Crippen MR) is 87.3 cm³/mol. The Morgan fingerprint density at radius 1 is 1.33 bits per heavy atom. The molecular weight excluding hydrogens is 308 g/mol. The van der Waals surface area contributed by atoms with Crippen molar-refractivity contribution >= 4 is 5.91 Å². The van der Waals surface area contributed by atoms with E-state index in [0.717, 1.165) is 32.2 Å². The standard InChI is InChI=1S/C17H24N4O3/c1-2-15-20-16(21-24-15)11-3-5-12-10(9-11)4-6-13(12)19-17(22)14-7-8-18-23-14/h3,5,9,13-16,18,20-21H,2,4,6-8H2,1H3,(H,19,22)/t13-,14?,15?,16?/m1/s1.